The summed E-state index contributed by atoms with van der Waals surface area (Å²) < 4.78 is 0. The van der Waals surface area contributed by atoms with E-state index in [-0.39, 0.29) is 17.8 Å². The number of nitrogens with one attached hydrogen (secondary N) is 1. The number of aromatic nitrogens is 1. The summed E-state index contributed by atoms with van der Waals surface area (Å²) in [7, 11) is 0. The fraction of sp³-hybridized carbons (Fsp3) is 0.133. The standard InChI is InChI=1S/C15H13NO.ClH/c1-9-7-10(2)14-13(8-9)16-12-6-4-3-5-11(12)15(14)17;/h3-8H,1-2H3,(H,16,17);1H. The maximum atomic E-state index is 12.4. The van der Waals surface area contributed by atoms with E-state index in [1.54, 1.807) is 0 Å². The van der Waals surface area contributed by atoms with E-state index in [2.05, 4.69) is 4.98 Å². The average molecular weight is 260 g/mol. The van der Waals surface area contributed by atoms with Crippen LogP contribution in [0.25, 0.3) is 21.8 Å². The highest BCUT2D eigenvalue weighted by molar-refractivity contribution is 5.94. The molecule has 3 aromatic rings. The van der Waals surface area contributed by atoms with Gasteiger partial charge in [0.15, 0.2) is 5.43 Å². The van der Waals surface area contributed by atoms with Gasteiger partial charge in [0, 0.05) is 16.3 Å². The number of hydrogen-bond donors (Lipinski definition) is 1. The Hall–Kier alpha value is -1.80. The minimum absolute atomic E-state index is 0. The summed E-state index contributed by atoms with van der Waals surface area (Å²) in [6.07, 6.45) is 0. The second-order valence-electron chi connectivity index (χ2n) is 4.50. The second kappa shape index (κ2) is 4.46. The van der Waals surface area contributed by atoms with Crippen LogP contribution in [0.2, 0.25) is 0 Å². The fourth-order valence-corrected chi connectivity index (χ4v) is 2.44. The molecule has 0 aliphatic rings. The number of aryl methyl sites for hydroxylation is 2. The van der Waals surface area contributed by atoms with Crippen molar-refractivity contribution in [3.63, 3.8) is 0 Å². The van der Waals surface area contributed by atoms with E-state index in [0.717, 1.165) is 27.4 Å². The Morgan fingerprint density at radius 1 is 1.00 bits per heavy atom. The molecule has 92 valence electrons. The SMILES string of the molecule is Cc1cc(C)c2c(=O)c3ccccc3[nH]c2c1.Cl. The van der Waals surface area contributed by atoms with Gasteiger partial charge in [0.2, 0.25) is 0 Å². The minimum atomic E-state index is 0. The molecule has 0 fully saturated rings. The van der Waals surface area contributed by atoms with Gasteiger partial charge in [-0.25, -0.2) is 0 Å². The van der Waals surface area contributed by atoms with E-state index < -0.39 is 0 Å². The summed E-state index contributed by atoms with van der Waals surface area (Å²) in [6.45, 7) is 4.03. The maximum absolute atomic E-state index is 12.4. The highest BCUT2D eigenvalue weighted by Crippen LogP contribution is 2.19. The molecule has 0 unspecified atom stereocenters. The number of halogens is 1. The zero-order valence-electron chi connectivity index (χ0n) is 10.3. The van der Waals surface area contributed by atoms with E-state index in [1.807, 2.05) is 50.2 Å². The average Bonchev–Trinajstić information content (AvgIpc) is 2.28. The van der Waals surface area contributed by atoms with Crippen molar-refractivity contribution in [1.29, 1.82) is 0 Å². The third-order valence-corrected chi connectivity index (χ3v) is 3.15. The van der Waals surface area contributed by atoms with E-state index in [0.29, 0.717) is 0 Å². The van der Waals surface area contributed by atoms with Crippen LogP contribution in [0.3, 0.4) is 0 Å². The first-order chi connectivity index (χ1) is 8.16. The number of para-hydroxylation sites is 1. The largest absolute Gasteiger partial charge is 0.354 e. The Labute approximate surface area is 111 Å². The van der Waals surface area contributed by atoms with E-state index in [4.69, 9.17) is 0 Å². The molecular formula is C15H14ClNO. The van der Waals surface area contributed by atoms with Crippen LogP contribution < -0.4 is 5.43 Å². The first-order valence-electron chi connectivity index (χ1n) is 5.69. The van der Waals surface area contributed by atoms with Gasteiger partial charge in [-0.3, -0.25) is 4.79 Å². The highest BCUT2D eigenvalue weighted by Gasteiger charge is 2.07. The number of aromatic amines is 1. The van der Waals surface area contributed by atoms with Gasteiger partial charge in [-0.15, -0.1) is 12.4 Å². The van der Waals surface area contributed by atoms with Crippen molar-refractivity contribution in [3.8, 4) is 0 Å². The lowest BCUT2D eigenvalue weighted by molar-refractivity contribution is 1.38. The molecule has 2 aromatic carbocycles. The predicted molar refractivity (Wildman–Crippen MR) is 78.8 cm³/mol. The molecule has 0 amide bonds. The molecule has 2 nitrogen and oxygen atoms in total. The van der Waals surface area contributed by atoms with E-state index >= 15 is 0 Å². The van der Waals surface area contributed by atoms with Crippen LogP contribution in [0, 0.1) is 13.8 Å². The number of fused-ring (bicyclic) bond motifs is 2. The molecule has 0 aliphatic heterocycles. The van der Waals surface area contributed by atoms with Crippen molar-refractivity contribution >= 4 is 34.2 Å². The van der Waals surface area contributed by atoms with Gasteiger partial charge in [-0.1, -0.05) is 18.2 Å². The fourth-order valence-electron chi connectivity index (χ4n) is 2.44. The van der Waals surface area contributed by atoms with Crippen LogP contribution in [0.1, 0.15) is 11.1 Å². The predicted octanol–water partition coefficient (Wildman–Crippen LogP) is 3.72. The number of rotatable bonds is 0. The molecule has 0 saturated carbocycles. The zero-order chi connectivity index (χ0) is 12.0. The Morgan fingerprint density at radius 2 is 1.72 bits per heavy atom. The molecule has 3 rings (SSSR count). The minimum Gasteiger partial charge on any atom is -0.354 e. The second-order valence-corrected chi connectivity index (χ2v) is 4.50. The maximum Gasteiger partial charge on any atom is 0.197 e. The van der Waals surface area contributed by atoms with Gasteiger partial charge < -0.3 is 4.98 Å². The van der Waals surface area contributed by atoms with Crippen molar-refractivity contribution < 1.29 is 0 Å². The summed E-state index contributed by atoms with van der Waals surface area (Å²) >= 11 is 0. The van der Waals surface area contributed by atoms with Gasteiger partial charge in [0.25, 0.3) is 0 Å². The van der Waals surface area contributed by atoms with Crippen molar-refractivity contribution in [2.24, 2.45) is 0 Å². The molecule has 1 heterocycles. The van der Waals surface area contributed by atoms with Gasteiger partial charge in [0.05, 0.1) is 5.52 Å². The normalized spacial score (nSPS) is 10.6. The first kappa shape index (κ1) is 12.7. The van der Waals surface area contributed by atoms with Gasteiger partial charge in [0.1, 0.15) is 0 Å². The van der Waals surface area contributed by atoms with Gasteiger partial charge >= 0.3 is 0 Å². The Morgan fingerprint density at radius 3 is 2.50 bits per heavy atom. The van der Waals surface area contributed by atoms with E-state index in [1.165, 1.54) is 5.56 Å². The van der Waals surface area contributed by atoms with Crippen LogP contribution in [0.4, 0.5) is 0 Å². The molecule has 1 aromatic heterocycles. The van der Waals surface area contributed by atoms with Gasteiger partial charge in [-0.2, -0.15) is 0 Å². The molecule has 1 N–H and O–H groups in total. The molecular weight excluding hydrogens is 246 g/mol. The molecule has 0 saturated heterocycles. The molecule has 3 heteroatoms. The lowest BCUT2D eigenvalue weighted by atomic mass is 10.0. The van der Waals surface area contributed by atoms with Crippen LogP contribution in [-0.2, 0) is 0 Å². The van der Waals surface area contributed by atoms with Crippen molar-refractivity contribution in [2.45, 2.75) is 13.8 Å². The quantitative estimate of drug-likeness (QED) is 0.613. The van der Waals surface area contributed by atoms with Crippen molar-refractivity contribution in [1.82, 2.24) is 4.98 Å². The molecule has 0 atom stereocenters. The third-order valence-electron chi connectivity index (χ3n) is 3.15. The molecule has 0 radical (unpaired) electrons. The zero-order valence-corrected chi connectivity index (χ0v) is 11.1. The Balaban J connectivity index is 0.00000120. The van der Waals surface area contributed by atoms with E-state index in [9.17, 15) is 4.79 Å². The monoisotopic (exact) mass is 259 g/mol. The molecule has 0 bridgehead atoms. The van der Waals surface area contributed by atoms with Gasteiger partial charge in [-0.05, 0) is 43.2 Å². The number of H-pyrrole nitrogens is 1. The third kappa shape index (κ3) is 1.79. The summed E-state index contributed by atoms with van der Waals surface area (Å²) in [6, 6.07) is 11.7. The summed E-state index contributed by atoms with van der Waals surface area (Å²) in [5, 5.41) is 1.56. The van der Waals surface area contributed by atoms with Crippen LogP contribution in [0.15, 0.2) is 41.2 Å². The highest BCUT2D eigenvalue weighted by atomic mass is 35.5. The molecule has 18 heavy (non-hydrogen) atoms. The van der Waals surface area contributed by atoms with Crippen molar-refractivity contribution in [3.05, 3.63) is 57.7 Å². The summed E-state index contributed by atoms with van der Waals surface area (Å²) in [5.74, 6) is 0. The number of benzene rings is 2. The smallest absolute Gasteiger partial charge is 0.197 e. The topological polar surface area (TPSA) is 32.9 Å². The van der Waals surface area contributed by atoms with Crippen LogP contribution in [0.5, 0.6) is 0 Å². The number of hydrogen-bond acceptors (Lipinski definition) is 1. The lowest BCUT2D eigenvalue weighted by Crippen LogP contribution is -2.05. The Kier molecular flexibility index (Phi) is 3.14. The molecule has 0 aliphatic carbocycles. The van der Waals surface area contributed by atoms with Crippen LogP contribution in [-0.4, -0.2) is 4.98 Å². The summed E-state index contributed by atoms with van der Waals surface area (Å²) in [5.41, 5.74) is 4.14. The molecule has 0 spiro atoms. The summed E-state index contributed by atoms with van der Waals surface area (Å²) in [4.78, 5) is 15.7. The number of pyridine rings is 1. The Bertz CT molecular complexity index is 789. The van der Waals surface area contributed by atoms with Crippen LogP contribution >= 0.6 is 12.4 Å². The first-order valence-corrected chi connectivity index (χ1v) is 5.69. The lowest BCUT2D eigenvalue weighted by Gasteiger charge is -2.06. The van der Waals surface area contributed by atoms with Crippen molar-refractivity contribution in [2.75, 3.05) is 0 Å².